The topological polar surface area (TPSA) is 103 Å². The van der Waals surface area contributed by atoms with Crippen molar-refractivity contribution in [3.05, 3.63) is 15.3 Å². The van der Waals surface area contributed by atoms with Crippen LogP contribution in [0.25, 0.3) is 0 Å². The molecule has 2 unspecified atom stereocenters. The van der Waals surface area contributed by atoms with Crippen molar-refractivity contribution in [3.8, 4) is 5.75 Å². The zero-order valence-electron chi connectivity index (χ0n) is 15.3. The number of ether oxygens (including phenoxy) is 3. The quantitative estimate of drug-likeness (QED) is 0.688. The summed E-state index contributed by atoms with van der Waals surface area (Å²) in [6.45, 7) is 2.93. The standard InChI is InChI=1S/C17H24N2O6S/c1-5-9(10-7-6-8-18-10)19-15(20)14-12(23-2)11(16(21)24-3)13(26-14)17(22)25-4/h9-10,18H,5-8H2,1-4H3,(H,19,20). The normalized spacial score (nSPS) is 17.5. The van der Waals surface area contributed by atoms with Gasteiger partial charge in [0.1, 0.15) is 15.3 Å². The van der Waals surface area contributed by atoms with Gasteiger partial charge in [0.2, 0.25) is 0 Å². The van der Waals surface area contributed by atoms with E-state index in [1.807, 2.05) is 6.92 Å². The molecule has 0 aliphatic carbocycles. The number of hydrogen-bond donors (Lipinski definition) is 2. The number of esters is 2. The molecule has 1 fully saturated rings. The Kier molecular flexibility index (Phi) is 6.98. The second kappa shape index (κ2) is 9.00. The maximum Gasteiger partial charge on any atom is 0.349 e. The Balaban J connectivity index is 2.37. The lowest BCUT2D eigenvalue weighted by molar-refractivity contribution is 0.0557. The van der Waals surface area contributed by atoms with Crippen molar-refractivity contribution in [3.63, 3.8) is 0 Å². The highest BCUT2D eigenvalue weighted by atomic mass is 32.1. The first kappa shape index (κ1) is 20.2. The van der Waals surface area contributed by atoms with Gasteiger partial charge in [-0.05, 0) is 25.8 Å². The summed E-state index contributed by atoms with van der Waals surface area (Å²) in [6.07, 6.45) is 2.81. The monoisotopic (exact) mass is 384 g/mol. The molecule has 2 atom stereocenters. The summed E-state index contributed by atoms with van der Waals surface area (Å²) in [5.74, 6) is -1.86. The van der Waals surface area contributed by atoms with Crippen LogP contribution in [0, 0.1) is 0 Å². The fourth-order valence-electron chi connectivity index (χ4n) is 3.06. The highest BCUT2D eigenvalue weighted by molar-refractivity contribution is 7.16. The molecule has 1 aliphatic rings. The fraction of sp³-hybridized carbons (Fsp3) is 0.588. The first-order valence-electron chi connectivity index (χ1n) is 8.40. The summed E-state index contributed by atoms with van der Waals surface area (Å²) in [4.78, 5) is 37.1. The third-order valence-corrected chi connectivity index (χ3v) is 5.53. The molecule has 2 rings (SSSR count). The third kappa shape index (κ3) is 3.99. The first-order valence-corrected chi connectivity index (χ1v) is 9.21. The largest absolute Gasteiger partial charge is 0.494 e. The van der Waals surface area contributed by atoms with E-state index in [9.17, 15) is 14.4 Å². The van der Waals surface area contributed by atoms with Gasteiger partial charge in [-0.3, -0.25) is 4.79 Å². The second-order valence-electron chi connectivity index (χ2n) is 5.84. The molecule has 1 aromatic heterocycles. The molecule has 2 heterocycles. The van der Waals surface area contributed by atoms with Crippen LogP contribution in [-0.2, 0) is 9.47 Å². The summed E-state index contributed by atoms with van der Waals surface area (Å²) in [5.41, 5.74) is -0.0935. The van der Waals surface area contributed by atoms with E-state index < -0.39 is 17.8 Å². The third-order valence-electron chi connectivity index (χ3n) is 4.38. The Morgan fingerprint density at radius 2 is 1.88 bits per heavy atom. The molecule has 1 aliphatic heterocycles. The Morgan fingerprint density at radius 1 is 1.19 bits per heavy atom. The van der Waals surface area contributed by atoms with Gasteiger partial charge in [0.15, 0.2) is 5.75 Å². The van der Waals surface area contributed by atoms with Gasteiger partial charge in [0.25, 0.3) is 5.91 Å². The summed E-state index contributed by atoms with van der Waals surface area (Å²) in [6, 6.07) is 0.148. The number of nitrogens with one attached hydrogen (secondary N) is 2. The van der Waals surface area contributed by atoms with Crippen LogP contribution < -0.4 is 15.4 Å². The van der Waals surface area contributed by atoms with Gasteiger partial charge < -0.3 is 24.8 Å². The number of rotatable bonds is 7. The van der Waals surface area contributed by atoms with Crippen molar-refractivity contribution in [2.75, 3.05) is 27.9 Å². The lowest BCUT2D eigenvalue weighted by Gasteiger charge is -2.23. The average Bonchev–Trinajstić information content (AvgIpc) is 3.32. The zero-order chi connectivity index (χ0) is 19.3. The van der Waals surface area contributed by atoms with E-state index in [1.54, 1.807) is 0 Å². The van der Waals surface area contributed by atoms with Crippen LogP contribution in [0.2, 0.25) is 0 Å². The number of methoxy groups -OCH3 is 3. The minimum Gasteiger partial charge on any atom is -0.494 e. The van der Waals surface area contributed by atoms with E-state index in [1.165, 1.54) is 21.3 Å². The van der Waals surface area contributed by atoms with Crippen molar-refractivity contribution < 1.29 is 28.6 Å². The van der Waals surface area contributed by atoms with Crippen molar-refractivity contribution in [1.29, 1.82) is 0 Å². The van der Waals surface area contributed by atoms with E-state index in [0.29, 0.717) is 0 Å². The molecule has 9 heteroatoms. The van der Waals surface area contributed by atoms with Crippen LogP contribution in [0.4, 0.5) is 0 Å². The number of amides is 1. The summed E-state index contributed by atoms with van der Waals surface area (Å²) in [5, 5.41) is 6.35. The van der Waals surface area contributed by atoms with Crippen molar-refractivity contribution in [1.82, 2.24) is 10.6 Å². The lowest BCUT2D eigenvalue weighted by atomic mass is 10.0. The van der Waals surface area contributed by atoms with Crippen molar-refractivity contribution >= 4 is 29.2 Å². The predicted molar refractivity (Wildman–Crippen MR) is 96.1 cm³/mol. The van der Waals surface area contributed by atoms with Gasteiger partial charge in [-0.1, -0.05) is 6.92 Å². The van der Waals surface area contributed by atoms with E-state index in [0.717, 1.165) is 37.1 Å². The molecule has 2 N–H and O–H groups in total. The molecule has 26 heavy (non-hydrogen) atoms. The Labute approximate surface area is 156 Å². The zero-order valence-corrected chi connectivity index (χ0v) is 16.2. The molecule has 0 spiro atoms. The molecule has 144 valence electrons. The number of hydrogen-bond acceptors (Lipinski definition) is 8. The number of carbonyl (C=O) groups is 3. The van der Waals surface area contributed by atoms with Gasteiger partial charge >= 0.3 is 11.9 Å². The molecular formula is C17H24N2O6S. The molecule has 1 aromatic rings. The smallest absolute Gasteiger partial charge is 0.349 e. The molecule has 0 saturated carbocycles. The minimum absolute atomic E-state index is 0.0200. The second-order valence-corrected chi connectivity index (χ2v) is 6.86. The predicted octanol–water partition coefficient (Wildman–Crippen LogP) is 1.59. The lowest BCUT2D eigenvalue weighted by Crippen LogP contribution is -2.46. The van der Waals surface area contributed by atoms with Gasteiger partial charge in [-0.2, -0.15) is 0 Å². The van der Waals surface area contributed by atoms with Crippen molar-refractivity contribution in [2.45, 2.75) is 38.3 Å². The van der Waals surface area contributed by atoms with Gasteiger partial charge in [0.05, 0.1) is 21.3 Å². The maximum absolute atomic E-state index is 12.8. The van der Waals surface area contributed by atoms with E-state index in [4.69, 9.17) is 14.2 Å². The SMILES string of the molecule is CCC(NC(=O)c1sc(C(=O)OC)c(C(=O)OC)c1OC)C1CCCN1. The van der Waals surface area contributed by atoms with E-state index >= 15 is 0 Å². The van der Waals surface area contributed by atoms with Crippen LogP contribution >= 0.6 is 11.3 Å². The fourth-order valence-corrected chi connectivity index (χ4v) is 4.14. The molecule has 1 amide bonds. The molecule has 0 aromatic carbocycles. The van der Waals surface area contributed by atoms with Gasteiger partial charge in [-0.15, -0.1) is 11.3 Å². The highest BCUT2D eigenvalue weighted by Gasteiger charge is 2.34. The Morgan fingerprint density at radius 3 is 2.38 bits per heavy atom. The molecule has 1 saturated heterocycles. The minimum atomic E-state index is -0.762. The average molecular weight is 384 g/mol. The molecular weight excluding hydrogens is 360 g/mol. The molecule has 0 radical (unpaired) electrons. The van der Waals surface area contributed by atoms with Crippen LogP contribution in [0.15, 0.2) is 0 Å². The summed E-state index contributed by atoms with van der Waals surface area (Å²) in [7, 11) is 3.73. The Hall–Kier alpha value is -2.13. The van der Waals surface area contributed by atoms with E-state index in [-0.39, 0.29) is 33.2 Å². The highest BCUT2D eigenvalue weighted by Crippen LogP contribution is 2.36. The summed E-state index contributed by atoms with van der Waals surface area (Å²) < 4.78 is 14.7. The van der Waals surface area contributed by atoms with Crippen LogP contribution in [-0.4, -0.2) is 57.8 Å². The first-order chi connectivity index (χ1) is 12.5. The van der Waals surface area contributed by atoms with Gasteiger partial charge in [-0.25, -0.2) is 9.59 Å². The molecule has 0 bridgehead atoms. The van der Waals surface area contributed by atoms with Gasteiger partial charge in [0, 0.05) is 12.1 Å². The number of carbonyl (C=O) groups excluding carboxylic acids is 3. The van der Waals surface area contributed by atoms with Crippen molar-refractivity contribution in [2.24, 2.45) is 0 Å². The van der Waals surface area contributed by atoms with Crippen LogP contribution in [0.5, 0.6) is 5.75 Å². The molecule has 8 nitrogen and oxygen atoms in total. The van der Waals surface area contributed by atoms with E-state index in [2.05, 4.69) is 10.6 Å². The number of thiophene rings is 1. The Bertz CT molecular complexity index is 681. The summed E-state index contributed by atoms with van der Waals surface area (Å²) >= 11 is 0.857. The maximum atomic E-state index is 12.8. The van der Waals surface area contributed by atoms with Crippen LogP contribution in [0.1, 0.15) is 55.9 Å². The van der Waals surface area contributed by atoms with Crippen LogP contribution in [0.3, 0.4) is 0 Å².